The number of nitrogens with zero attached hydrogens (tertiary/aromatic N) is 4. The van der Waals surface area contributed by atoms with Crippen LogP contribution < -0.4 is 0 Å². The predicted octanol–water partition coefficient (Wildman–Crippen LogP) is 11.6. The van der Waals surface area contributed by atoms with Gasteiger partial charge in [-0.2, -0.15) is 0 Å². The van der Waals surface area contributed by atoms with Crippen molar-refractivity contribution in [1.29, 1.82) is 0 Å². The Morgan fingerprint density at radius 1 is 0.736 bits per heavy atom. The summed E-state index contributed by atoms with van der Waals surface area (Å²) >= 11 is 0. The van der Waals surface area contributed by atoms with Gasteiger partial charge in [0.25, 0.3) is 0 Å². The van der Waals surface area contributed by atoms with Gasteiger partial charge in [-0.15, -0.1) is 0 Å². The molecule has 0 bridgehead atoms. The summed E-state index contributed by atoms with van der Waals surface area (Å²) in [6.45, 7) is 4.53. The molecule has 0 N–H and O–H groups in total. The van der Waals surface area contributed by atoms with E-state index in [0.29, 0.717) is 11.8 Å². The number of allylic oxidation sites excluding steroid dienone is 4. The van der Waals surface area contributed by atoms with Gasteiger partial charge in [-0.25, -0.2) is 9.97 Å². The first kappa shape index (κ1) is 29.2. The lowest BCUT2D eigenvalue weighted by molar-refractivity contribution is 0.407. The standard InChI is InChI=1S/C49H34N4/c1-28-46-39(18-10-26-50-46)52-48(51-28)30-19-22-32(23-20-30)53-40-24-21-29-11-3-6-14-34(29)42(40)43-36-16-8-7-15-35(36)41-38-27-31-12-4-5-13-33(31)37-17-9-25-49(2,44(37)38)45(41)47(43)53/h3-26,38,44H,27H2,1-2H3. The molecule has 4 heteroatoms. The number of rotatable bonds is 2. The van der Waals surface area contributed by atoms with Gasteiger partial charge in [-0.1, -0.05) is 104 Å². The van der Waals surface area contributed by atoms with Crippen LogP contribution in [0.15, 0.2) is 146 Å². The maximum absolute atomic E-state index is 4.92. The zero-order chi connectivity index (χ0) is 35.0. The first-order chi connectivity index (χ1) is 26.1. The quantitative estimate of drug-likeness (QED) is 0.183. The van der Waals surface area contributed by atoms with Gasteiger partial charge in [0.05, 0.1) is 22.2 Å². The lowest BCUT2D eigenvalue weighted by Crippen LogP contribution is -2.33. The number of pyridine rings is 1. The molecule has 3 unspecified atom stereocenters. The van der Waals surface area contributed by atoms with Crippen LogP contribution in [0, 0.1) is 12.8 Å². The molecule has 3 aromatic heterocycles. The fourth-order valence-electron chi connectivity index (χ4n) is 10.6. The number of benzene rings is 6. The van der Waals surface area contributed by atoms with Gasteiger partial charge < -0.3 is 4.57 Å². The molecule has 3 aliphatic rings. The van der Waals surface area contributed by atoms with Gasteiger partial charge in [0.15, 0.2) is 5.82 Å². The highest BCUT2D eigenvalue weighted by Crippen LogP contribution is 2.65. The summed E-state index contributed by atoms with van der Waals surface area (Å²) in [6.07, 6.45) is 10.1. The average Bonchev–Trinajstić information content (AvgIpc) is 3.69. The summed E-state index contributed by atoms with van der Waals surface area (Å²) in [5, 5.41) is 7.94. The minimum Gasteiger partial charge on any atom is -0.309 e. The van der Waals surface area contributed by atoms with E-state index >= 15 is 0 Å². The first-order valence-electron chi connectivity index (χ1n) is 18.7. The minimum absolute atomic E-state index is 0.188. The number of hydrogen-bond donors (Lipinski definition) is 0. The van der Waals surface area contributed by atoms with Crippen LogP contribution in [0.3, 0.4) is 0 Å². The highest BCUT2D eigenvalue weighted by Gasteiger charge is 2.54. The molecule has 3 aliphatic carbocycles. The van der Waals surface area contributed by atoms with Crippen LogP contribution in [-0.2, 0) is 11.8 Å². The normalized spacial score (nSPS) is 19.9. The van der Waals surface area contributed by atoms with Gasteiger partial charge in [-0.05, 0) is 111 Å². The van der Waals surface area contributed by atoms with E-state index in [9.17, 15) is 0 Å². The molecule has 4 nitrogen and oxygen atoms in total. The van der Waals surface area contributed by atoms with Crippen LogP contribution in [0.1, 0.15) is 40.8 Å². The second-order valence-corrected chi connectivity index (χ2v) is 15.3. The van der Waals surface area contributed by atoms with E-state index in [1.165, 1.54) is 71.2 Å². The number of aryl methyl sites for hydroxylation is 1. The Morgan fingerprint density at radius 3 is 2.42 bits per heavy atom. The molecule has 6 aromatic carbocycles. The van der Waals surface area contributed by atoms with Crippen LogP contribution in [-0.4, -0.2) is 19.5 Å². The zero-order valence-electron chi connectivity index (χ0n) is 29.5. The summed E-state index contributed by atoms with van der Waals surface area (Å²) in [7, 11) is 0. The summed E-state index contributed by atoms with van der Waals surface area (Å²) < 4.78 is 2.57. The fraction of sp³-hybridized carbons (Fsp3) is 0.122. The Labute approximate surface area is 306 Å². The molecule has 3 heterocycles. The van der Waals surface area contributed by atoms with E-state index in [2.05, 4.69) is 144 Å². The summed E-state index contributed by atoms with van der Waals surface area (Å²) in [6, 6.07) is 44.7. The number of aromatic nitrogens is 4. The SMILES string of the molecule is Cc1nc(-c2ccc(-n3c4ccc5ccccc5c4c4c5ccccc5c5c(c43)C3(C)C=CC=C4c6ccccc6CC5C43)cc2)nc2cccnc12. The maximum atomic E-state index is 4.92. The Hall–Kier alpha value is -6.39. The van der Waals surface area contributed by atoms with Gasteiger partial charge in [-0.3, -0.25) is 4.98 Å². The molecule has 0 saturated heterocycles. The summed E-state index contributed by atoms with van der Waals surface area (Å²) in [5.74, 6) is 1.46. The van der Waals surface area contributed by atoms with Gasteiger partial charge in [0, 0.05) is 39.6 Å². The molecule has 53 heavy (non-hydrogen) atoms. The Balaban J connectivity index is 1.20. The fourth-order valence-corrected chi connectivity index (χ4v) is 10.6. The van der Waals surface area contributed by atoms with Crippen molar-refractivity contribution in [2.24, 2.45) is 5.92 Å². The Morgan fingerprint density at radius 2 is 1.53 bits per heavy atom. The molecule has 0 fully saturated rings. The van der Waals surface area contributed by atoms with Crippen molar-refractivity contribution in [3.05, 3.63) is 174 Å². The van der Waals surface area contributed by atoms with E-state index in [-0.39, 0.29) is 5.41 Å². The minimum atomic E-state index is -0.188. The van der Waals surface area contributed by atoms with Gasteiger partial charge in [0.2, 0.25) is 0 Å². The third kappa shape index (κ3) is 3.77. The van der Waals surface area contributed by atoms with Gasteiger partial charge in [0.1, 0.15) is 5.52 Å². The van der Waals surface area contributed by atoms with E-state index in [1.807, 2.05) is 19.1 Å². The molecule has 0 amide bonds. The average molecular weight is 679 g/mol. The first-order valence-corrected chi connectivity index (χ1v) is 18.7. The molecular formula is C49H34N4. The second kappa shape index (κ2) is 10.4. The molecule has 0 radical (unpaired) electrons. The molecule has 12 rings (SSSR count). The highest BCUT2D eigenvalue weighted by molar-refractivity contribution is 6.30. The molecule has 0 spiro atoms. The molecule has 3 atom stereocenters. The molecule has 0 aliphatic heterocycles. The Bertz CT molecular complexity index is 3130. The smallest absolute Gasteiger partial charge is 0.160 e. The third-order valence-electron chi connectivity index (χ3n) is 12.6. The highest BCUT2D eigenvalue weighted by atomic mass is 15.0. The second-order valence-electron chi connectivity index (χ2n) is 15.3. The van der Waals surface area contributed by atoms with E-state index < -0.39 is 0 Å². The van der Waals surface area contributed by atoms with Crippen molar-refractivity contribution in [3.8, 4) is 17.1 Å². The summed E-state index contributed by atoms with van der Waals surface area (Å²) in [4.78, 5) is 14.3. The number of hydrogen-bond acceptors (Lipinski definition) is 3. The lowest BCUT2D eigenvalue weighted by atomic mass is 9.62. The van der Waals surface area contributed by atoms with E-state index in [1.54, 1.807) is 6.20 Å². The van der Waals surface area contributed by atoms with Crippen LogP contribution in [0.5, 0.6) is 0 Å². The maximum Gasteiger partial charge on any atom is 0.160 e. The van der Waals surface area contributed by atoms with Gasteiger partial charge >= 0.3 is 0 Å². The predicted molar refractivity (Wildman–Crippen MR) is 218 cm³/mol. The van der Waals surface area contributed by atoms with Crippen molar-refractivity contribution in [3.63, 3.8) is 0 Å². The number of fused-ring (bicyclic) bond motifs is 15. The summed E-state index contributed by atoms with van der Waals surface area (Å²) in [5.41, 5.74) is 14.4. The van der Waals surface area contributed by atoms with Crippen LogP contribution >= 0.6 is 0 Å². The monoisotopic (exact) mass is 678 g/mol. The lowest BCUT2D eigenvalue weighted by Gasteiger charge is -2.40. The van der Waals surface area contributed by atoms with E-state index in [4.69, 9.17) is 9.97 Å². The Kier molecular flexibility index (Phi) is 5.71. The van der Waals surface area contributed by atoms with Crippen molar-refractivity contribution in [1.82, 2.24) is 19.5 Å². The molecule has 250 valence electrons. The van der Waals surface area contributed by atoms with Crippen LogP contribution in [0.25, 0.3) is 77.0 Å². The largest absolute Gasteiger partial charge is 0.309 e. The molecule has 0 saturated carbocycles. The van der Waals surface area contributed by atoms with Crippen LogP contribution in [0.4, 0.5) is 0 Å². The van der Waals surface area contributed by atoms with Crippen molar-refractivity contribution < 1.29 is 0 Å². The van der Waals surface area contributed by atoms with Crippen molar-refractivity contribution >= 4 is 60.0 Å². The molecular weight excluding hydrogens is 645 g/mol. The third-order valence-corrected chi connectivity index (χ3v) is 12.6. The van der Waals surface area contributed by atoms with Crippen molar-refractivity contribution in [2.45, 2.75) is 31.6 Å². The van der Waals surface area contributed by atoms with Crippen molar-refractivity contribution in [2.75, 3.05) is 0 Å². The van der Waals surface area contributed by atoms with Crippen LogP contribution in [0.2, 0.25) is 0 Å². The van der Waals surface area contributed by atoms with E-state index in [0.717, 1.165) is 40.2 Å². The molecule has 9 aromatic rings. The topological polar surface area (TPSA) is 43.6 Å². The zero-order valence-corrected chi connectivity index (χ0v) is 29.5.